The highest BCUT2D eigenvalue weighted by Gasteiger charge is 2.19. The fraction of sp³-hybridized carbons (Fsp3) is 0.455. The zero-order valence-corrected chi connectivity index (χ0v) is 12.9. The van der Waals surface area contributed by atoms with E-state index in [4.69, 9.17) is 23.2 Å². The van der Waals surface area contributed by atoms with Gasteiger partial charge in [0.2, 0.25) is 0 Å². The number of hydrogen-bond donors (Lipinski definition) is 2. The Morgan fingerprint density at radius 2 is 2.05 bits per heavy atom. The van der Waals surface area contributed by atoms with Gasteiger partial charge in [0.15, 0.2) is 0 Å². The molecule has 2 N–H and O–H groups in total. The fourth-order valence-corrected chi connectivity index (χ4v) is 2.81. The van der Waals surface area contributed by atoms with E-state index in [-0.39, 0.29) is 6.54 Å². The third kappa shape index (κ3) is 4.59. The molecule has 1 rings (SSSR count). The van der Waals surface area contributed by atoms with Crippen LogP contribution in [0.1, 0.15) is 18.6 Å². The van der Waals surface area contributed by atoms with Crippen molar-refractivity contribution in [3.8, 4) is 0 Å². The van der Waals surface area contributed by atoms with Crippen LogP contribution in [-0.4, -0.2) is 38.0 Å². The third-order valence-electron chi connectivity index (χ3n) is 2.64. The van der Waals surface area contributed by atoms with Crippen molar-refractivity contribution in [2.45, 2.75) is 13.0 Å². The van der Waals surface area contributed by atoms with Gasteiger partial charge < -0.3 is 5.11 Å². The van der Waals surface area contributed by atoms with Crippen LogP contribution in [0.4, 0.5) is 0 Å². The molecule has 0 aromatic heterocycles. The van der Waals surface area contributed by atoms with E-state index in [0.29, 0.717) is 22.2 Å². The van der Waals surface area contributed by atoms with E-state index in [1.54, 1.807) is 19.1 Å². The average Bonchev–Trinajstić information content (AvgIpc) is 2.35. The standard InChI is InChI=1S/C11H16Cl2N2O3S/c1-3-15(2)19(17,18)14-7-11(16)9-5-4-8(12)6-10(9)13/h4-6,11,14,16H,3,7H2,1-2H3. The molecule has 1 aromatic rings. The summed E-state index contributed by atoms with van der Waals surface area (Å²) in [5.41, 5.74) is 0.424. The Labute approximate surface area is 123 Å². The van der Waals surface area contributed by atoms with Crippen LogP contribution in [-0.2, 0) is 10.2 Å². The molecule has 1 unspecified atom stereocenters. The summed E-state index contributed by atoms with van der Waals surface area (Å²) in [6, 6.07) is 4.64. The summed E-state index contributed by atoms with van der Waals surface area (Å²) in [5, 5.41) is 10.7. The highest BCUT2D eigenvalue weighted by molar-refractivity contribution is 7.87. The molecule has 0 aliphatic rings. The summed E-state index contributed by atoms with van der Waals surface area (Å²) < 4.78 is 26.8. The monoisotopic (exact) mass is 326 g/mol. The molecule has 0 saturated carbocycles. The predicted molar refractivity (Wildman–Crippen MR) is 76.6 cm³/mol. The minimum Gasteiger partial charge on any atom is -0.387 e. The largest absolute Gasteiger partial charge is 0.387 e. The van der Waals surface area contributed by atoms with Crippen LogP contribution < -0.4 is 4.72 Å². The molecule has 8 heteroatoms. The van der Waals surface area contributed by atoms with Gasteiger partial charge in [-0.1, -0.05) is 36.2 Å². The van der Waals surface area contributed by atoms with E-state index in [1.165, 1.54) is 13.1 Å². The first kappa shape index (κ1) is 16.7. The molecule has 0 aliphatic heterocycles. The molecule has 1 atom stereocenters. The topological polar surface area (TPSA) is 69.6 Å². The zero-order valence-electron chi connectivity index (χ0n) is 10.6. The maximum atomic E-state index is 11.7. The lowest BCUT2D eigenvalue weighted by Gasteiger charge is -2.18. The minimum atomic E-state index is -3.58. The summed E-state index contributed by atoms with van der Waals surface area (Å²) in [7, 11) is -2.13. The minimum absolute atomic E-state index is 0.159. The second-order valence-corrected chi connectivity index (χ2v) is 6.66. The van der Waals surface area contributed by atoms with Crippen LogP contribution in [0.5, 0.6) is 0 Å². The van der Waals surface area contributed by atoms with Crippen molar-refractivity contribution in [3.63, 3.8) is 0 Å². The number of aliphatic hydroxyl groups is 1. The molecule has 0 bridgehead atoms. The quantitative estimate of drug-likeness (QED) is 0.837. The Balaban J connectivity index is 2.73. The lowest BCUT2D eigenvalue weighted by Crippen LogP contribution is -2.39. The van der Waals surface area contributed by atoms with Gasteiger partial charge in [-0.05, 0) is 12.1 Å². The van der Waals surface area contributed by atoms with Crippen LogP contribution in [0.2, 0.25) is 10.0 Å². The molecule has 0 amide bonds. The molecule has 0 aliphatic carbocycles. The maximum Gasteiger partial charge on any atom is 0.279 e. The predicted octanol–water partition coefficient (Wildman–Crippen LogP) is 1.81. The summed E-state index contributed by atoms with van der Waals surface area (Å²) in [6.45, 7) is 1.90. The molecule has 0 fully saturated rings. The van der Waals surface area contributed by atoms with Crippen molar-refractivity contribution in [1.82, 2.24) is 9.03 Å². The van der Waals surface area contributed by atoms with Gasteiger partial charge in [-0.2, -0.15) is 17.4 Å². The molecule has 19 heavy (non-hydrogen) atoms. The maximum absolute atomic E-state index is 11.7. The van der Waals surface area contributed by atoms with Crippen LogP contribution in [0.15, 0.2) is 18.2 Å². The van der Waals surface area contributed by atoms with Crippen molar-refractivity contribution >= 4 is 33.4 Å². The van der Waals surface area contributed by atoms with Gasteiger partial charge in [-0.15, -0.1) is 0 Å². The van der Waals surface area contributed by atoms with E-state index < -0.39 is 16.3 Å². The number of aliphatic hydroxyl groups excluding tert-OH is 1. The van der Waals surface area contributed by atoms with E-state index in [0.717, 1.165) is 4.31 Å². The summed E-state index contributed by atoms with van der Waals surface area (Å²) >= 11 is 11.7. The SMILES string of the molecule is CCN(C)S(=O)(=O)NCC(O)c1ccc(Cl)cc1Cl. The normalized spacial score (nSPS) is 13.8. The molecule has 0 heterocycles. The van der Waals surface area contributed by atoms with E-state index >= 15 is 0 Å². The second kappa shape index (κ2) is 6.88. The number of hydrogen-bond acceptors (Lipinski definition) is 3. The van der Waals surface area contributed by atoms with Crippen molar-refractivity contribution in [1.29, 1.82) is 0 Å². The van der Waals surface area contributed by atoms with Gasteiger partial charge in [0.1, 0.15) is 0 Å². The highest BCUT2D eigenvalue weighted by Crippen LogP contribution is 2.26. The lowest BCUT2D eigenvalue weighted by atomic mass is 10.1. The van der Waals surface area contributed by atoms with Gasteiger partial charge >= 0.3 is 0 Å². The number of nitrogens with zero attached hydrogens (tertiary/aromatic N) is 1. The first-order valence-electron chi connectivity index (χ1n) is 5.62. The fourth-order valence-electron chi connectivity index (χ4n) is 1.35. The molecule has 0 radical (unpaired) electrons. The molecule has 5 nitrogen and oxygen atoms in total. The van der Waals surface area contributed by atoms with Crippen molar-refractivity contribution < 1.29 is 13.5 Å². The zero-order chi connectivity index (χ0) is 14.6. The lowest BCUT2D eigenvalue weighted by molar-refractivity contribution is 0.181. The van der Waals surface area contributed by atoms with Crippen LogP contribution in [0.25, 0.3) is 0 Å². The van der Waals surface area contributed by atoms with E-state index in [1.807, 2.05) is 0 Å². The van der Waals surface area contributed by atoms with Gasteiger partial charge in [0, 0.05) is 35.7 Å². The molecule has 0 saturated heterocycles. The third-order valence-corrected chi connectivity index (χ3v) is 4.81. The van der Waals surface area contributed by atoms with Gasteiger partial charge in [0.25, 0.3) is 10.2 Å². The molecular weight excluding hydrogens is 311 g/mol. The van der Waals surface area contributed by atoms with Crippen molar-refractivity contribution in [2.75, 3.05) is 20.1 Å². The number of benzene rings is 1. The van der Waals surface area contributed by atoms with Crippen LogP contribution >= 0.6 is 23.2 Å². The van der Waals surface area contributed by atoms with E-state index in [2.05, 4.69) is 4.72 Å². The first-order chi connectivity index (χ1) is 8.77. The number of nitrogens with one attached hydrogen (secondary N) is 1. The Morgan fingerprint density at radius 3 is 2.58 bits per heavy atom. The molecule has 0 spiro atoms. The molecular formula is C11H16Cl2N2O3S. The van der Waals surface area contributed by atoms with Gasteiger partial charge in [-0.3, -0.25) is 0 Å². The van der Waals surface area contributed by atoms with Gasteiger partial charge in [-0.25, -0.2) is 0 Å². The summed E-state index contributed by atoms with van der Waals surface area (Å²) in [4.78, 5) is 0. The van der Waals surface area contributed by atoms with Crippen molar-refractivity contribution in [2.24, 2.45) is 0 Å². The van der Waals surface area contributed by atoms with E-state index in [9.17, 15) is 13.5 Å². The Hall–Kier alpha value is -0.370. The van der Waals surface area contributed by atoms with Crippen LogP contribution in [0, 0.1) is 0 Å². The first-order valence-corrected chi connectivity index (χ1v) is 7.81. The second-order valence-electron chi connectivity index (χ2n) is 3.95. The Bertz CT molecular complexity index is 537. The Morgan fingerprint density at radius 1 is 1.42 bits per heavy atom. The van der Waals surface area contributed by atoms with Crippen molar-refractivity contribution in [3.05, 3.63) is 33.8 Å². The van der Waals surface area contributed by atoms with Crippen LogP contribution in [0.3, 0.4) is 0 Å². The Kier molecular flexibility index (Phi) is 6.04. The number of halogens is 2. The average molecular weight is 327 g/mol. The molecule has 1 aromatic carbocycles. The summed E-state index contributed by atoms with van der Waals surface area (Å²) in [6.07, 6.45) is -1.04. The highest BCUT2D eigenvalue weighted by atomic mass is 35.5. The number of rotatable bonds is 6. The summed E-state index contributed by atoms with van der Waals surface area (Å²) in [5.74, 6) is 0. The molecule has 108 valence electrons. The van der Waals surface area contributed by atoms with Gasteiger partial charge in [0.05, 0.1) is 6.10 Å². The smallest absolute Gasteiger partial charge is 0.279 e.